The summed E-state index contributed by atoms with van der Waals surface area (Å²) < 4.78 is 16.7. The summed E-state index contributed by atoms with van der Waals surface area (Å²) in [6, 6.07) is 4.80. The van der Waals surface area contributed by atoms with E-state index in [0.29, 0.717) is 17.6 Å². The molecule has 0 spiro atoms. The Hall–Kier alpha value is -1.58. The van der Waals surface area contributed by atoms with Gasteiger partial charge in [-0.3, -0.25) is 9.13 Å². The number of imidazole rings is 1. The average molecular weight is 236 g/mol. The zero-order chi connectivity index (χ0) is 12.8. The molecule has 0 radical (unpaired) electrons. The average Bonchev–Trinajstić information content (AvgIpc) is 2.43. The van der Waals surface area contributed by atoms with Crippen LogP contribution in [0.2, 0.25) is 0 Å². The van der Waals surface area contributed by atoms with E-state index in [0.717, 1.165) is 0 Å². The Morgan fingerprint density at radius 2 is 1.94 bits per heavy atom. The fourth-order valence-electron chi connectivity index (χ4n) is 2.06. The predicted octanol–water partition coefficient (Wildman–Crippen LogP) is 2.53. The Morgan fingerprint density at radius 3 is 2.53 bits per heavy atom. The third-order valence-corrected chi connectivity index (χ3v) is 2.74. The highest BCUT2D eigenvalue weighted by molar-refractivity contribution is 5.76. The van der Waals surface area contributed by atoms with Crippen LogP contribution >= 0.6 is 0 Å². The first-order valence-electron chi connectivity index (χ1n) is 5.65. The number of aromatic nitrogens is 2. The maximum absolute atomic E-state index is 13.7. The maximum atomic E-state index is 13.7. The second-order valence-corrected chi connectivity index (χ2v) is 5.60. The SMILES string of the molecule is Cn1c(=O)n(CC(C)(C)C)c2cccc(F)c21. The summed E-state index contributed by atoms with van der Waals surface area (Å²) in [5, 5.41) is 0. The van der Waals surface area contributed by atoms with Gasteiger partial charge in [0, 0.05) is 13.6 Å². The highest BCUT2D eigenvalue weighted by atomic mass is 19.1. The molecule has 0 fully saturated rings. The van der Waals surface area contributed by atoms with E-state index < -0.39 is 0 Å². The number of hydrogen-bond donors (Lipinski definition) is 0. The summed E-state index contributed by atoms with van der Waals surface area (Å²) >= 11 is 0. The van der Waals surface area contributed by atoms with E-state index in [4.69, 9.17) is 0 Å². The van der Waals surface area contributed by atoms with Gasteiger partial charge in [0.2, 0.25) is 0 Å². The molecule has 0 bridgehead atoms. The smallest absolute Gasteiger partial charge is 0.292 e. The van der Waals surface area contributed by atoms with Gasteiger partial charge in [-0.2, -0.15) is 0 Å². The molecule has 0 atom stereocenters. The number of halogens is 1. The topological polar surface area (TPSA) is 26.9 Å². The lowest BCUT2D eigenvalue weighted by atomic mass is 9.97. The molecule has 0 aliphatic heterocycles. The van der Waals surface area contributed by atoms with Gasteiger partial charge < -0.3 is 0 Å². The number of nitrogens with zero attached hydrogens (tertiary/aromatic N) is 2. The Morgan fingerprint density at radius 1 is 1.29 bits per heavy atom. The summed E-state index contributed by atoms with van der Waals surface area (Å²) in [7, 11) is 1.60. The lowest BCUT2D eigenvalue weighted by Gasteiger charge is -2.18. The van der Waals surface area contributed by atoms with Crippen LogP contribution < -0.4 is 5.69 Å². The Labute approximate surface area is 99.5 Å². The zero-order valence-corrected chi connectivity index (χ0v) is 10.6. The Bertz CT molecular complexity index is 617. The number of aryl methyl sites for hydroxylation is 1. The molecule has 1 aromatic heterocycles. The molecule has 17 heavy (non-hydrogen) atoms. The first-order chi connectivity index (χ1) is 7.81. The molecule has 0 unspecified atom stereocenters. The van der Waals surface area contributed by atoms with Gasteiger partial charge >= 0.3 is 5.69 Å². The van der Waals surface area contributed by atoms with E-state index in [1.165, 1.54) is 10.6 Å². The fourth-order valence-corrected chi connectivity index (χ4v) is 2.06. The van der Waals surface area contributed by atoms with E-state index in [-0.39, 0.29) is 16.9 Å². The molecule has 0 amide bonds. The molecule has 92 valence electrons. The summed E-state index contributed by atoms with van der Waals surface area (Å²) in [5.74, 6) is -0.352. The van der Waals surface area contributed by atoms with Crippen molar-refractivity contribution < 1.29 is 4.39 Å². The Balaban J connectivity index is 2.77. The van der Waals surface area contributed by atoms with Gasteiger partial charge in [0.15, 0.2) is 0 Å². The third-order valence-electron chi connectivity index (χ3n) is 2.74. The van der Waals surface area contributed by atoms with Crippen LogP contribution in [0.5, 0.6) is 0 Å². The summed E-state index contributed by atoms with van der Waals surface area (Å²) in [6.45, 7) is 6.74. The van der Waals surface area contributed by atoms with E-state index in [1.807, 2.05) is 0 Å². The Kier molecular flexibility index (Phi) is 2.60. The van der Waals surface area contributed by atoms with Crippen molar-refractivity contribution in [2.75, 3.05) is 0 Å². The minimum absolute atomic E-state index is 0.0234. The molecular formula is C13H17FN2O. The molecule has 0 saturated carbocycles. The summed E-state index contributed by atoms with van der Waals surface area (Å²) in [5.41, 5.74) is 0.846. The first-order valence-corrected chi connectivity index (χ1v) is 5.65. The highest BCUT2D eigenvalue weighted by Crippen LogP contribution is 2.21. The van der Waals surface area contributed by atoms with E-state index in [1.54, 1.807) is 23.7 Å². The van der Waals surface area contributed by atoms with Crippen molar-refractivity contribution in [1.82, 2.24) is 9.13 Å². The van der Waals surface area contributed by atoms with Gasteiger partial charge in [-0.1, -0.05) is 26.8 Å². The van der Waals surface area contributed by atoms with Crippen molar-refractivity contribution in [1.29, 1.82) is 0 Å². The van der Waals surface area contributed by atoms with Gasteiger partial charge in [0.05, 0.1) is 5.52 Å². The van der Waals surface area contributed by atoms with Gasteiger partial charge in [0.25, 0.3) is 0 Å². The maximum Gasteiger partial charge on any atom is 0.328 e. The van der Waals surface area contributed by atoms with Crippen molar-refractivity contribution in [2.45, 2.75) is 27.3 Å². The lowest BCUT2D eigenvalue weighted by molar-refractivity contribution is 0.342. The van der Waals surface area contributed by atoms with Crippen LogP contribution in [0.25, 0.3) is 11.0 Å². The number of hydrogen-bond acceptors (Lipinski definition) is 1. The van der Waals surface area contributed by atoms with Crippen LogP contribution in [0.1, 0.15) is 20.8 Å². The van der Waals surface area contributed by atoms with Crippen LogP contribution in [0, 0.1) is 11.2 Å². The zero-order valence-electron chi connectivity index (χ0n) is 10.6. The number of benzene rings is 1. The third kappa shape index (κ3) is 1.99. The predicted molar refractivity (Wildman–Crippen MR) is 66.6 cm³/mol. The summed E-state index contributed by atoms with van der Waals surface area (Å²) in [4.78, 5) is 12.1. The molecule has 4 heteroatoms. The summed E-state index contributed by atoms with van der Waals surface area (Å²) in [6.07, 6.45) is 0. The molecule has 1 aromatic carbocycles. The van der Waals surface area contributed by atoms with Crippen LogP contribution in [-0.4, -0.2) is 9.13 Å². The monoisotopic (exact) mass is 236 g/mol. The number of rotatable bonds is 1. The standard InChI is InChI=1S/C13H17FN2O/c1-13(2,3)8-16-10-7-5-6-9(14)11(10)15(4)12(16)17/h5-7H,8H2,1-4H3. The first kappa shape index (κ1) is 11.9. The molecule has 0 aliphatic rings. The molecular weight excluding hydrogens is 219 g/mol. The number of fused-ring (bicyclic) bond motifs is 1. The van der Waals surface area contributed by atoms with Gasteiger partial charge in [0.1, 0.15) is 11.3 Å². The van der Waals surface area contributed by atoms with Crippen molar-refractivity contribution in [3.8, 4) is 0 Å². The molecule has 1 heterocycles. The minimum atomic E-state index is -0.352. The van der Waals surface area contributed by atoms with Crippen molar-refractivity contribution >= 4 is 11.0 Å². The highest BCUT2D eigenvalue weighted by Gasteiger charge is 2.18. The molecule has 0 N–H and O–H groups in total. The quantitative estimate of drug-likeness (QED) is 0.747. The molecule has 3 nitrogen and oxygen atoms in total. The normalized spacial score (nSPS) is 12.3. The second kappa shape index (κ2) is 3.72. The van der Waals surface area contributed by atoms with E-state index >= 15 is 0 Å². The van der Waals surface area contributed by atoms with Gasteiger partial charge in [-0.15, -0.1) is 0 Å². The largest absolute Gasteiger partial charge is 0.328 e. The van der Waals surface area contributed by atoms with Crippen LogP contribution in [0.3, 0.4) is 0 Å². The number of para-hydroxylation sites is 1. The van der Waals surface area contributed by atoms with E-state index in [2.05, 4.69) is 20.8 Å². The second-order valence-electron chi connectivity index (χ2n) is 5.60. The lowest BCUT2D eigenvalue weighted by Crippen LogP contribution is -2.27. The van der Waals surface area contributed by atoms with Gasteiger partial charge in [-0.25, -0.2) is 9.18 Å². The molecule has 2 aromatic rings. The molecule has 0 saturated heterocycles. The van der Waals surface area contributed by atoms with E-state index in [9.17, 15) is 9.18 Å². The molecule has 0 aliphatic carbocycles. The van der Waals surface area contributed by atoms with Crippen molar-refractivity contribution in [3.63, 3.8) is 0 Å². The van der Waals surface area contributed by atoms with Crippen LogP contribution in [0.15, 0.2) is 23.0 Å². The van der Waals surface area contributed by atoms with Gasteiger partial charge in [-0.05, 0) is 17.5 Å². The van der Waals surface area contributed by atoms with Crippen LogP contribution in [-0.2, 0) is 13.6 Å². The van der Waals surface area contributed by atoms with Crippen molar-refractivity contribution in [2.24, 2.45) is 12.5 Å². The van der Waals surface area contributed by atoms with Crippen molar-refractivity contribution in [3.05, 3.63) is 34.5 Å². The molecule has 2 rings (SSSR count). The fraction of sp³-hybridized carbons (Fsp3) is 0.462. The van der Waals surface area contributed by atoms with Crippen LogP contribution in [0.4, 0.5) is 4.39 Å². The minimum Gasteiger partial charge on any atom is -0.292 e.